The predicted octanol–water partition coefficient (Wildman–Crippen LogP) is 4.04. The Bertz CT molecular complexity index is 1490. The summed E-state index contributed by atoms with van der Waals surface area (Å²) in [5, 5.41) is 5.30. The highest BCUT2D eigenvalue weighted by Gasteiger charge is 2.26. The molecule has 5 rings (SSSR count). The molecule has 1 aliphatic rings. The van der Waals surface area contributed by atoms with E-state index in [4.69, 9.17) is 19.3 Å². The molecule has 1 unspecified atom stereocenters. The number of benzene rings is 2. The van der Waals surface area contributed by atoms with Gasteiger partial charge < -0.3 is 19.1 Å². The molecule has 0 saturated carbocycles. The molecule has 0 aliphatic carbocycles. The van der Waals surface area contributed by atoms with Gasteiger partial charge in [-0.2, -0.15) is 5.10 Å². The highest BCUT2D eigenvalue weighted by Crippen LogP contribution is 2.41. The van der Waals surface area contributed by atoms with Crippen LogP contribution in [0.1, 0.15) is 6.92 Å². The topological polar surface area (TPSA) is 95.8 Å². The van der Waals surface area contributed by atoms with Crippen LogP contribution >= 0.6 is 0 Å². The number of rotatable bonds is 7. The van der Waals surface area contributed by atoms with Gasteiger partial charge in [0.05, 0.1) is 23.9 Å². The van der Waals surface area contributed by atoms with Crippen LogP contribution in [0.4, 0.5) is 0 Å². The number of aromatic nitrogens is 3. The van der Waals surface area contributed by atoms with Crippen molar-refractivity contribution in [2.24, 2.45) is 5.92 Å². The van der Waals surface area contributed by atoms with Crippen LogP contribution in [0.15, 0.2) is 72.9 Å². The molecule has 1 aliphatic heterocycles. The first-order chi connectivity index (χ1) is 17.9. The van der Waals surface area contributed by atoms with Gasteiger partial charge in [0.1, 0.15) is 11.4 Å². The summed E-state index contributed by atoms with van der Waals surface area (Å²) in [4.78, 5) is 31.1. The maximum atomic E-state index is 12.4. The monoisotopic (exact) mass is 498 g/mol. The summed E-state index contributed by atoms with van der Waals surface area (Å²) in [5.41, 5.74) is 2.46. The summed E-state index contributed by atoms with van der Waals surface area (Å²) in [5.74, 6) is -0.214. The number of carbonyl (C=O) groups excluding carboxylic acids is 2. The Morgan fingerprint density at radius 2 is 1.76 bits per heavy atom. The fourth-order valence-electron chi connectivity index (χ4n) is 4.22. The number of carbonyl (C=O) groups is 2. The SMILES string of the molecule is CC(COc1cccc(-n2nc(-c3ccccc3)c3c4c(cnc32)OC(=O)/C=C\C(=O)O4)c1)CN(C)C. The number of pyridine rings is 1. The van der Waals surface area contributed by atoms with Gasteiger partial charge in [-0.15, -0.1) is 0 Å². The summed E-state index contributed by atoms with van der Waals surface area (Å²) in [6.07, 6.45) is 3.41. The molecule has 9 heteroatoms. The van der Waals surface area contributed by atoms with Crippen LogP contribution in [-0.4, -0.2) is 58.8 Å². The van der Waals surface area contributed by atoms with E-state index in [1.165, 1.54) is 6.20 Å². The largest absolute Gasteiger partial charge is 0.493 e. The predicted molar refractivity (Wildman–Crippen MR) is 138 cm³/mol. The smallest absolute Gasteiger partial charge is 0.336 e. The summed E-state index contributed by atoms with van der Waals surface area (Å²) in [6.45, 7) is 3.62. The van der Waals surface area contributed by atoms with Crippen LogP contribution in [0.2, 0.25) is 0 Å². The minimum atomic E-state index is -0.695. The second-order valence-corrected chi connectivity index (χ2v) is 9.13. The van der Waals surface area contributed by atoms with E-state index in [2.05, 4.69) is 16.8 Å². The molecule has 0 bridgehead atoms. The van der Waals surface area contributed by atoms with E-state index in [0.29, 0.717) is 40.7 Å². The molecule has 2 aromatic carbocycles. The van der Waals surface area contributed by atoms with E-state index in [1.807, 2.05) is 68.7 Å². The summed E-state index contributed by atoms with van der Waals surface area (Å²) in [6, 6.07) is 17.0. The molecule has 4 aromatic rings. The first kappa shape index (κ1) is 24.2. The Morgan fingerprint density at radius 3 is 2.51 bits per heavy atom. The first-order valence-corrected chi connectivity index (χ1v) is 11.9. The zero-order chi connectivity index (χ0) is 25.9. The second-order valence-electron chi connectivity index (χ2n) is 9.13. The van der Waals surface area contributed by atoms with E-state index in [0.717, 1.165) is 24.3 Å². The van der Waals surface area contributed by atoms with Gasteiger partial charge in [0.25, 0.3) is 0 Å². The number of ether oxygens (including phenoxy) is 3. The van der Waals surface area contributed by atoms with E-state index >= 15 is 0 Å². The van der Waals surface area contributed by atoms with Crippen LogP contribution in [0.3, 0.4) is 0 Å². The fraction of sp³-hybridized carbons (Fsp3) is 0.214. The zero-order valence-electron chi connectivity index (χ0n) is 20.7. The van der Waals surface area contributed by atoms with Crippen LogP contribution in [0, 0.1) is 5.92 Å². The Kier molecular flexibility index (Phi) is 6.70. The van der Waals surface area contributed by atoms with E-state index < -0.39 is 11.9 Å². The van der Waals surface area contributed by atoms with E-state index in [1.54, 1.807) is 4.68 Å². The van der Waals surface area contributed by atoms with Gasteiger partial charge in [0, 0.05) is 36.2 Å². The van der Waals surface area contributed by atoms with Gasteiger partial charge >= 0.3 is 11.9 Å². The molecule has 0 saturated heterocycles. The third-order valence-corrected chi connectivity index (χ3v) is 5.71. The number of esters is 2. The number of hydrogen-bond donors (Lipinski definition) is 0. The van der Waals surface area contributed by atoms with Crippen LogP contribution in [0.5, 0.6) is 17.2 Å². The molecule has 9 nitrogen and oxygen atoms in total. The molecule has 0 spiro atoms. The highest BCUT2D eigenvalue weighted by atomic mass is 16.6. The summed E-state index contributed by atoms with van der Waals surface area (Å²) >= 11 is 0. The number of fused-ring (bicyclic) bond motifs is 3. The molecule has 0 radical (unpaired) electrons. The van der Waals surface area contributed by atoms with Gasteiger partial charge in [-0.05, 0) is 26.2 Å². The third-order valence-electron chi connectivity index (χ3n) is 5.71. The maximum absolute atomic E-state index is 12.4. The van der Waals surface area contributed by atoms with Crippen molar-refractivity contribution in [2.45, 2.75) is 6.92 Å². The van der Waals surface area contributed by atoms with Gasteiger partial charge in [0.15, 0.2) is 17.1 Å². The fourth-order valence-corrected chi connectivity index (χ4v) is 4.22. The standard InChI is InChI=1S/C28H26N4O5/c1-18(16-31(2)3)17-35-21-11-7-10-20(14-21)32-28-25(26(30-32)19-8-5-4-6-9-19)27-22(15-29-28)36-23(33)12-13-24(34)37-27/h4-15,18H,16-17H2,1-3H3/b13-12-. The molecule has 0 N–H and O–H groups in total. The maximum Gasteiger partial charge on any atom is 0.336 e. The van der Waals surface area contributed by atoms with Crippen LogP contribution in [-0.2, 0) is 9.59 Å². The Hall–Kier alpha value is -4.50. The van der Waals surface area contributed by atoms with Crippen molar-refractivity contribution in [3.05, 3.63) is 72.9 Å². The van der Waals surface area contributed by atoms with E-state index in [9.17, 15) is 9.59 Å². The van der Waals surface area contributed by atoms with Crippen molar-refractivity contribution in [3.8, 4) is 34.2 Å². The Morgan fingerprint density at radius 1 is 1.00 bits per heavy atom. The number of hydrogen-bond acceptors (Lipinski definition) is 8. The number of nitrogens with zero attached hydrogens (tertiary/aromatic N) is 4. The van der Waals surface area contributed by atoms with Gasteiger partial charge in [-0.3, -0.25) is 0 Å². The first-order valence-electron chi connectivity index (χ1n) is 11.9. The van der Waals surface area contributed by atoms with Crippen molar-refractivity contribution in [3.63, 3.8) is 0 Å². The second kappa shape index (κ2) is 10.2. The quantitative estimate of drug-likeness (QED) is 0.352. The molecule has 1 atom stereocenters. The molecule has 188 valence electrons. The van der Waals surface area contributed by atoms with E-state index in [-0.39, 0.29) is 11.5 Å². The normalized spacial score (nSPS) is 14.9. The van der Waals surface area contributed by atoms with Crippen molar-refractivity contribution in [1.82, 2.24) is 19.7 Å². The van der Waals surface area contributed by atoms with Crippen molar-refractivity contribution < 1.29 is 23.8 Å². The van der Waals surface area contributed by atoms with Crippen LogP contribution < -0.4 is 14.2 Å². The highest BCUT2D eigenvalue weighted by molar-refractivity contribution is 6.03. The third kappa shape index (κ3) is 5.22. The molecule has 3 heterocycles. The minimum Gasteiger partial charge on any atom is -0.493 e. The average molecular weight is 499 g/mol. The van der Waals surface area contributed by atoms with Gasteiger partial charge in [-0.1, -0.05) is 43.3 Å². The molecule has 0 fully saturated rings. The molecule has 0 amide bonds. The minimum absolute atomic E-state index is 0.0406. The zero-order valence-corrected chi connectivity index (χ0v) is 20.7. The lowest BCUT2D eigenvalue weighted by Gasteiger charge is -2.17. The van der Waals surface area contributed by atoms with Gasteiger partial charge in [0.2, 0.25) is 0 Å². The van der Waals surface area contributed by atoms with Crippen molar-refractivity contribution in [1.29, 1.82) is 0 Å². The van der Waals surface area contributed by atoms with Gasteiger partial charge in [-0.25, -0.2) is 19.3 Å². The molecule has 2 aromatic heterocycles. The Labute approximate surface area is 213 Å². The lowest BCUT2D eigenvalue weighted by molar-refractivity contribution is -0.133. The molecular weight excluding hydrogens is 472 g/mol. The Balaban J connectivity index is 1.62. The van der Waals surface area contributed by atoms with Crippen LogP contribution in [0.25, 0.3) is 28.0 Å². The molecule has 37 heavy (non-hydrogen) atoms. The summed E-state index contributed by atoms with van der Waals surface area (Å²) < 4.78 is 18.7. The molecular formula is C28H26N4O5. The van der Waals surface area contributed by atoms with Crippen molar-refractivity contribution >= 4 is 23.0 Å². The lowest BCUT2D eigenvalue weighted by atomic mass is 10.1. The van der Waals surface area contributed by atoms with Crippen molar-refractivity contribution in [2.75, 3.05) is 27.2 Å². The summed E-state index contributed by atoms with van der Waals surface area (Å²) in [7, 11) is 4.07. The average Bonchev–Trinajstić information content (AvgIpc) is 3.27. The lowest BCUT2D eigenvalue weighted by Crippen LogP contribution is -2.24.